The summed E-state index contributed by atoms with van der Waals surface area (Å²) in [6.07, 6.45) is 0. The molecular weight excluding hydrogens is 394 g/mol. The lowest BCUT2D eigenvalue weighted by molar-refractivity contribution is 0.381. The number of H-pyrrole nitrogens is 1. The number of nitrogens with zero attached hydrogens (tertiary/aromatic N) is 4. The third kappa shape index (κ3) is 2.91. The standard InChI is InChI=1S/C19H19N5O4S/c1-22-16-5-3-2-4-14(16)20-18(22)23-8-10-24(11-9-23)29(26,27)13-6-7-15-17(12-13)28-19(25)21-15/h2-7,12H,8-11H2,1H3,(H,21,25). The molecule has 29 heavy (non-hydrogen) atoms. The topological polar surface area (TPSA) is 104 Å². The van der Waals surface area contributed by atoms with Crippen LogP contribution >= 0.6 is 0 Å². The molecule has 0 saturated carbocycles. The Morgan fingerprint density at radius 1 is 1.07 bits per heavy atom. The number of oxazole rings is 1. The Labute approximate surface area is 166 Å². The van der Waals surface area contributed by atoms with Gasteiger partial charge in [0.2, 0.25) is 16.0 Å². The molecule has 1 aliphatic heterocycles. The van der Waals surface area contributed by atoms with Crippen LogP contribution in [-0.4, -0.2) is 53.4 Å². The van der Waals surface area contributed by atoms with E-state index < -0.39 is 15.8 Å². The van der Waals surface area contributed by atoms with Gasteiger partial charge in [-0.3, -0.25) is 4.98 Å². The van der Waals surface area contributed by atoms with Crippen molar-refractivity contribution in [3.8, 4) is 0 Å². The lowest BCUT2D eigenvalue weighted by Crippen LogP contribution is -2.49. The molecule has 4 aromatic rings. The van der Waals surface area contributed by atoms with Gasteiger partial charge >= 0.3 is 5.76 Å². The van der Waals surface area contributed by atoms with Gasteiger partial charge in [-0.15, -0.1) is 0 Å². The number of piperazine rings is 1. The van der Waals surface area contributed by atoms with E-state index in [1.807, 2.05) is 35.9 Å². The highest BCUT2D eigenvalue weighted by molar-refractivity contribution is 7.89. The maximum absolute atomic E-state index is 13.0. The minimum absolute atomic E-state index is 0.115. The van der Waals surface area contributed by atoms with Crippen LogP contribution in [0.5, 0.6) is 0 Å². The van der Waals surface area contributed by atoms with Crippen LogP contribution in [0.15, 0.2) is 56.6 Å². The molecule has 0 unspecified atom stereocenters. The molecule has 1 N–H and O–H groups in total. The summed E-state index contributed by atoms with van der Waals surface area (Å²) in [5.41, 5.74) is 2.66. The maximum Gasteiger partial charge on any atom is 0.417 e. The summed E-state index contributed by atoms with van der Waals surface area (Å²) in [7, 11) is -1.72. The number of nitrogens with one attached hydrogen (secondary N) is 1. The van der Waals surface area contributed by atoms with Crippen LogP contribution in [0.25, 0.3) is 22.1 Å². The maximum atomic E-state index is 13.0. The van der Waals surface area contributed by atoms with E-state index in [1.54, 1.807) is 6.07 Å². The Kier molecular flexibility index (Phi) is 4.00. The Bertz CT molecular complexity index is 1380. The van der Waals surface area contributed by atoms with Crippen LogP contribution in [0.4, 0.5) is 5.95 Å². The number of aryl methyl sites for hydroxylation is 1. The number of aromatic nitrogens is 3. The number of fused-ring (bicyclic) bond motifs is 2. The highest BCUT2D eigenvalue weighted by Gasteiger charge is 2.30. The van der Waals surface area contributed by atoms with Gasteiger partial charge in [-0.2, -0.15) is 4.31 Å². The zero-order valence-electron chi connectivity index (χ0n) is 15.7. The summed E-state index contributed by atoms with van der Waals surface area (Å²) in [5.74, 6) is 0.226. The Hall–Kier alpha value is -3.11. The highest BCUT2D eigenvalue weighted by atomic mass is 32.2. The number of hydrogen-bond acceptors (Lipinski definition) is 6. The van der Waals surface area contributed by atoms with Crippen molar-refractivity contribution in [3.63, 3.8) is 0 Å². The molecule has 0 radical (unpaired) electrons. The van der Waals surface area contributed by atoms with E-state index in [1.165, 1.54) is 16.4 Å². The molecule has 0 aliphatic carbocycles. The zero-order chi connectivity index (χ0) is 20.2. The Balaban J connectivity index is 1.38. The van der Waals surface area contributed by atoms with Gasteiger partial charge in [0.1, 0.15) is 0 Å². The molecule has 150 valence electrons. The summed E-state index contributed by atoms with van der Waals surface area (Å²) < 4.78 is 34.6. The number of imidazole rings is 1. The Morgan fingerprint density at radius 3 is 2.59 bits per heavy atom. The van der Waals surface area contributed by atoms with Gasteiger partial charge < -0.3 is 13.9 Å². The second kappa shape index (κ2) is 6.46. The summed E-state index contributed by atoms with van der Waals surface area (Å²) in [6.45, 7) is 1.77. The van der Waals surface area contributed by atoms with Crippen molar-refractivity contribution >= 4 is 38.1 Å². The number of anilines is 1. The third-order valence-corrected chi connectivity index (χ3v) is 7.21. The second-order valence-electron chi connectivity index (χ2n) is 7.02. The number of rotatable bonds is 3. The molecule has 0 atom stereocenters. The van der Waals surface area contributed by atoms with Crippen molar-refractivity contribution in [2.45, 2.75) is 4.90 Å². The second-order valence-corrected chi connectivity index (χ2v) is 8.96. The van der Waals surface area contributed by atoms with Gasteiger partial charge in [-0.1, -0.05) is 12.1 Å². The Morgan fingerprint density at radius 2 is 1.83 bits per heavy atom. The molecular formula is C19H19N5O4S. The molecule has 0 amide bonds. The summed E-state index contributed by atoms with van der Waals surface area (Å²) in [5, 5.41) is 0. The molecule has 3 heterocycles. The number of hydrogen-bond donors (Lipinski definition) is 1. The lowest BCUT2D eigenvalue weighted by Gasteiger charge is -2.34. The van der Waals surface area contributed by atoms with E-state index in [4.69, 9.17) is 9.40 Å². The van der Waals surface area contributed by atoms with Gasteiger partial charge in [-0.25, -0.2) is 18.2 Å². The average Bonchev–Trinajstić information content (AvgIpc) is 3.26. The van der Waals surface area contributed by atoms with E-state index in [0.717, 1.165) is 17.0 Å². The molecule has 1 fully saturated rings. The minimum Gasteiger partial charge on any atom is -0.408 e. The van der Waals surface area contributed by atoms with Crippen molar-refractivity contribution in [1.82, 2.24) is 18.8 Å². The highest BCUT2D eigenvalue weighted by Crippen LogP contribution is 2.25. The first kappa shape index (κ1) is 18.0. The van der Waals surface area contributed by atoms with Crippen molar-refractivity contribution in [1.29, 1.82) is 0 Å². The van der Waals surface area contributed by atoms with Crippen LogP contribution in [0, 0.1) is 0 Å². The molecule has 10 heteroatoms. The number of aromatic amines is 1. The summed E-state index contributed by atoms with van der Waals surface area (Å²) >= 11 is 0. The molecule has 0 bridgehead atoms. The summed E-state index contributed by atoms with van der Waals surface area (Å²) in [4.78, 5) is 20.7. The SMILES string of the molecule is Cn1c(N2CCN(S(=O)(=O)c3ccc4[nH]c(=O)oc4c3)CC2)nc2ccccc21. The van der Waals surface area contributed by atoms with Crippen LogP contribution in [0.2, 0.25) is 0 Å². The quantitative estimate of drug-likeness (QED) is 0.546. The summed E-state index contributed by atoms with van der Waals surface area (Å²) in [6, 6.07) is 12.3. The van der Waals surface area contributed by atoms with Gasteiger partial charge in [0, 0.05) is 39.3 Å². The minimum atomic E-state index is -3.68. The van der Waals surface area contributed by atoms with Crippen molar-refractivity contribution in [2.24, 2.45) is 7.05 Å². The van der Waals surface area contributed by atoms with Gasteiger partial charge in [0.25, 0.3) is 0 Å². The fourth-order valence-corrected chi connectivity index (χ4v) is 5.22. The first-order valence-corrected chi connectivity index (χ1v) is 10.7. The molecule has 5 rings (SSSR count). The fraction of sp³-hybridized carbons (Fsp3) is 0.263. The molecule has 0 spiro atoms. The number of benzene rings is 2. The number of para-hydroxylation sites is 2. The normalized spacial score (nSPS) is 16.1. The van der Waals surface area contributed by atoms with Crippen LogP contribution in [0.1, 0.15) is 0 Å². The average molecular weight is 413 g/mol. The van der Waals surface area contributed by atoms with Gasteiger partial charge in [-0.05, 0) is 24.3 Å². The van der Waals surface area contributed by atoms with E-state index >= 15 is 0 Å². The first-order valence-electron chi connectivity index (χ1n) is 9.23. The van der Waals surface area contributed by atoms with Crippen LogP contribution < -0.4 is 10.7 Å². The fourth-order valence-electron chi connectivity index (χ4n) is 3.78. The molecule has 2 aromatic heterocycles. The smallest absolute Gasteiger partial charge is 0.408 e. The van der Waals surface area contributed by atoms with Crippen molar-refractivity contribution in [3.05, 3.63) is 53.0 Å². The molecule has 9 nitrogen and oxygen atoms in total. The number of sulfonamides is 1. The largest absolute Gasteiger partial charge is 0.417 e. The van der Waals surface area contributed by atoms with E-state index in [9.17, 15) is 13.2 Å². The molecule has 1 aliphatic rings. The lowest BCUT2D eigenvalue weighted by atomic mass is 10.3. The van der Waals surface area contributed by atoms with Gasteiger partial charge in [0.05, 0.1) is 21.4 Å². The third-order valence-electron chi connectivity index (χ3n) is 5.32. The van der Waals surface area contributed by atoms with Crippen molar-refractivity contribution < 1.29 is 12.8 Å². The molecule has 2 aromatic carbocycles. The van der Waals surface area contributed by atoms with Crippen molar-refractivity contribution in [2.75, 3.05) is 31.1 Å². The predicted octanol–water partition coefficient (Wildman–Crippen LogP) is 1.52. The van der Waals surface area contributed by atoms with E-state index in [2.05, 4.69) is 9.88 Å². The molecule has 1 saturated heterocycles. The first-order chi connectivity index (χ1) is 13.9. The van der Waals surface area contributed by atoms with E-state index in [0.29, 0.717) is 31.7 Å². The van der Waals surface area contributed by atoms with Gasteiger partial charge in [0.15, 0.2) is 5.58 Å². The predicted molar refractivity (Wildman–Crippen MR) is 109 cm³/mol. The van der Waals surface area contributed by atoms with Crippen LogP contribution in [-0.2, 0) is 17.1 Å². The zero-order valence-corrected chi connectivity index (χ0v) is 16.5. The van der Waals surface area contributed by atoms with Crippen LogP contribution in [0.3, 0.4) is 0 Å². The van der Waals surface area contributed by atoms with E-state index in [-0.39, 0.29) is 10.5 Å². The monoisotopic (exact) mass is 413 g/mol.